The Labute approximate surface area is 115 Å². The standard InChI is InChI=1S/C17H23NO/c19-17-15(10-13-18-11-4-1-5-12-18)9-8-14-6-2-3-7-16(14)17/h2-3,6-7,15H,1,4-5,8-13H2. The minimum Gasteiger partial charge on any atom is -0.303 e. The second-order valence-corrected chi connectivity index (χ2v) is 5.95. The second-order valence-electron chi connectivity index (χ2n) is 5.95. The van der Waals surface area contributed by atoms with Gasteiger partial charge in [0, 0.05) is 11.5 Å². The number of benzene rings is 1. The van der Waals surface area contributed by atoms with E-state index in [9.17, 15) is 4.79 Å². The molecule has 0 aromatic heterocycles. The topological polar surface area (TPSA) is 20.3 Å². The van der Waals surface area contributed by atoms with Crippen molar-refractivity contribution in [3.63, 3.8) is 0 Å². The second kappa shape index (κ2) is 5.87. The van der Waals surface area contributed by atoms with Gasteiger partial charge in [-0.15, -0.1) is 0 Å². The first-order valence-electron chi connectivity index (χ1n) is 7.69. The van der Waals surface area contributed by atoms with Gasteiger partial charge in [0.15, 0.2) is 5.78 Å². The molecule has 1 aliphatic carbocycles. The van der Waals surface area contributed by atoms with Crippen LogP contribution in [0.3, 0.4) is 0 Å². The van der Waals surface area contributed by atoms with Crippen LogP contribution in [0.15, 0.2) is 24.3 Å². The maximum atomic E-state index is 12.5. The molecule has 1 heterocycles. The van der Waals surface area contributed by atoms with Gasteiger partial charge in [-0.3, -0.25) is 4.79 Å². The average Bonchev–Trinajstić information content (AvgIpc) is 2.48. The Morgan fingerprint density at radius 2 is 1.89 bits per heavy atom. The van der Waals surface area contributed by atoms with Crippen molar-refractivity contribution in [2.24, 2.45) is 5.92 Å². The lowest BCUT2D eigenvalue weighted by Gasteiger charge is -2.29. The van der Waals surface area contributed by atoms with Crippen LogP contribution in [0.25, 0.3) is 0 Å². The van der Waals surface area contributed by atoms with Gasteiger partial charge in [0.05, 0.1) is 0 Å². The van der Waals surface area contributed by atoms with Crippen LogP contribution in [0.5, 0.6) is 0 Å². The molecule has 1 aromatic carbocycles. The highest BCUT2D eigenvalue weighted by Crippen LogP contribution is 2.27. The van der Waals surface area contributed by atoms with E-state index in [2.05, 4.69) is 11.0 Å². The van der Waals surface area contributed by atoms with Crippen molar-refractivity contribution >= 4 is 5.78 Å². The van der Waals surface area contributed by atoms with Crippen LogP contribution in [0.1, 0.15) is 48.0 Å². The number of Topliss-reactive ketones (excluding diaryl/α,β-unsaturated/α-hetero) is 1. The van der Waals surface area contributed by atoms with Crippen LogP contribution < -0.4 is 0 Å². The van der Waals surface area contributed by atoms with E-state index in [1.54, 1.807) is 0 Å². The Morgan fingerprint density at radius 1 is 1.11 bits per heavy atom. The van der Waals surface area contributed by atoms with E-state index < -0.39 is 0 Å². The maximum absolute atomic E-state index is 12.5. The molecule has 1 unspecified atom stereocenters. The number of nitrogens with zero attached hydrogens (tertiary/aromatic N) is 1. The molecule has 102 valence electrons. The van der Waals surface area contributed by atoms with Crippen LogP contribution >= 0.6 is 0 Å². The van der Waals surface area contributed by atoms with Crippen molar-refractivity contribution in [3.8, 4) is 0 Å². The number of piperidine rings is 1. The summed E-state index contributed by atoms with van der Waals surface area (Å²) in [5.41, 5.74) is 2.24. The van der Waals surface area contributed by atoms with Crippen molar-refractivity contribution < 1.29 is 4.79 Å². The summed E-state index contributed by atoms with van der Waals surface area (Å²) in [7, 11) is 0. The van der Waals surface area contributed by atoms with Gasteiger partial charge in [0.2, 0.25) is 0 Å². The van der Waals surface area contributed by atoms with Crippen LogP contribution in [-0.4, -0.2) is 30.3 Å². The number of fused-ring (bicyclic) bond motifs is 1. The highest BCUT2D eigenvalue weighted by Gasteiger charge is 2.27. The lowest BCUT2D eigenvalue weighted by atomic mass is 9.81. The molecule has 1 aromatic rings. The zero-order chi connectivity index (χ0) is 13.1. The maximum Gasteiger partial charge on any atom is 0.166 e. The van der Waals surface area contributed by atoms with Crippen molar-refractivity contribution in [1.82, 2.24) is 4.90 Å². The summed E-state index contributed by atoms with van der Waals surface area (Å²) < 4.78 is 0. The predicted molar refractivity (Wildman–Crippen MR) is 77.5 cm³/mol. The molecule has 2 heteroatoms. The molecular weight excluding hydrogens is 234 g/mol. The first kappa shape index (κ1) is 12.9. The molecule has 2 nitrogen and oxygen atoms in total. The molecule has 0 N–H and O–H groups in total. The first-order valence-corrected chi connectivity index (χ1v) is 7.69. The van der Waals surface area contributed by atoms with Crippen molar-refractivity contribution in [3.05, 3.63) is 35.4 Å². The lowest BCUT2D eigenvalue weighted by molar-refractivity contribution is 0.0879. The third-order valence-corrected chi connectivity index (χ3v) is 4.66. The SMILES string of the molecule is O=C1c2ccccc2CCC1CCN1CCCCC1. The summed E-state index contributed by atoms with van der Waals surface area (Å²) >= 11 is 0. The van der Waals surface area contributed by atoms with Gasteiger partial charge in [-0.05, 0) is 57.3 Å². The summed E-state index contributed by atoms with van der Waals surface area (Å²) in [5.74, 6) is 0.649. The fourth-order valence-corrected chi connectivity index (χ4v) is 3.46. The number of rotatable bonds is 3. The van der Waals surface area contributed by atoms with E-state index >= 15 is 0 Å². The fraction of sp³-hybridized carbons (Fsp3) is 0.588. The van der Waals surface area contributed by atoms with E-state index in [-0.39, 0.29) is 5.92 Å². The van der Waals surface area contributed by atoms with Crippen molar-refractivity contribution in [1.29, 1.82) is 0 Å². The van der Waals surface area contributed by atoms with Crippen LogP contribution in [0.4, 0.5) is 0 Å². The third-order valence-electron chi connectivity index (χ3n) is 4.66. The molecule has 1 fully saturated rings. The molecule has 0 saturated carbocycles. The Kier molecular flexibility index (Phi) is 3.97. The number of hydrogen-bond donors (Lipinski definition) is 0. The minimum atomic E-state index is 0.261. The fourth-order valence-electron chi connectivity index (χ4n) is 3.46. The first-order chi connectivity index (χ1) is 9.34. The number of likely N-dealkylation sites (tertiary alicyclic amines) is 1. The molecule has 19 heavy (non-hydrogen) atoms. The van der Waals surface area contributed by atoms with Gasteiger partial charge in [0.25, 0.3) is 0 Å². The van der Waals surface area contributed by atoms with E-state index in [1.807, 2.05) is 18.2 Å². The number of carbonyl (C=O) groups excluding carboxylic acids is 1. The van der Waals surface area contributed by atoms with Crippen molar-refractivity contribution in [2.75, 3.05) is 19.6 Å². The van der Waals surface area contributed by atoms with Gasteiger partial charge in [-0.2, -0.15) is 0 Å². The highest BCUT2D eigenvalue weighted by molar-refractivity contribution is 6.00. The van der Waals surface area contributed by atoms with Gasteiger partial charge in [-0.1, -0.05) is 30.7 Å². The van der Waals surface area contributed by atoms with Gasteiger partial charge < -0.3 is 4.90 Å². The molecule has 1 aliphatic heterocycles. The molecule has 0 bridgehead atoms. The molecule has 3 rings (SSSR count). The molecule has 0 radical (unpaired) electrons. The molecule has 1 saturated heterocycles. The quantitative estimate of drug-likeness (QED) is 0.828. The molecule has 1 atom stereocenters. The molecule has 2 aliphatic rings. The number of ketones is 1. The molecule has 0 spiro atoms. The van der Waals surface area contributed by atoms with Crippen LogP contribution in [0.2, 0.25) is 0 Å². The number of carbonyl (C=O) groups is 1. The van der Waals surface area contributed by atoms with Crippen molar-refractivity contribution in [2.45, 2.75) is 38.5 Å². The smallest absolute Gasteiger partial charge is 0.166 e. The van der Waals surface area contributed by atoms with Crippen LogP contribution in [0, 0.1) is 5.92 Å². The van der Waals surface area contributed by atoms with Gasteiger partial charge in [-0.25, -0.2) is 0 Å². The van der Waals surface area contributed by atoms with E-state index in [4.69, 9.17) is 0 Å². The zero-order valence-corrected chi connectivity index (χ0v) is 11.6. The lowest BCUT2D eigenvalue weighted by Crippen LogP contribution is -2.33. The largest absolute Gasteiger partial charge is 0.303 e. The summed E-state index contributed by atoms with van der Waals surface area (Å²) in [6.45, 7) is 3.58. The van der Waals surface area contributed by atoms with Crippen LogP contribution in [-0.2, 0) is 6.42 Å². The monoisotopic (exact) mass is 257 g/mol. The predicted octanol–water partition coefficient (Wildman–Crippen LogP) is 3.31. The van der Waals surface area contributed by atoms with E-state index in [0.717, 1.165) is 31.4 Å². The molecular formula is C17H23NO. The number of aryl methyl sites for hydroxylation is 1. The van der Waals surface area contributed by atoms with Gasteiger partial charge in [0.1, 0.15) is 0 Å². The van der Waals surface area contributed by atoms with Gasteiger partial charge >= 0.3 is 0 Å². The Bertz CT molecular complexity index is 448. The summed E-state index contributed by atoms with van der Waals surface area (Å²) in [4.78, 5) is 15.0. The molecule has 0 amide bonds. The Morgan fingerprint density at radius 3 is 2.74 bits per heavy atom. The Hall–Kier alpha value is -1.15. The number of hydrogen-bond acceptors (Lipinski definition) is 2. The normalized spacial score (nSPS) is 24.2. The zero-order valence-electron chi connectivity index (χ0n) is 11.6. The summed E-state index contributed by atoms with van der Waals surface area (Å²) in [5, 5.41) is 0. The average molecular weight is 257 g/mol. The highest BCUT2D eigenvalue weighted by atomic mass is 16.1. The summed E-state index contributed by atoms with van der Waals surface area (Å²) in [6.07, 6.45) is 7.22. The Balaban J connectivity index is 1.59. The van der Waals surface area contributed by atoms with E-state index in [0.29, 0.717) is 5.78 Å². The third kappa shape index (κ3) is 2.89. The minimum absolute atomic E-state index is 0.261. The summed E-state index contributed by atoms with van der Waals surface area (Å²) in [6, 6.07) is 8.14. The van der Waals surface area contributed by atoms with E-state index in [1.165, 1.54) is 37.9 Å².